The molecule has 0 bridgehead atoms. The number of hydrogen-bond donors (Lipinski definition) is 2. The van der Waals surface area contributed by atoms with Crippen LogP contribution in [0, 0.1) is 6.92 Å². The van der Waals surface area contributed by atoms with Gasteiger partial charge in [-0.1, -0.05) is 12.1 Å². The predicted molar refractivity (Wildman–Crippen MR) is 168 cm³/mol. The normalized spacial score (nSPS) is 15.1. The van der Waals surface area contributed by atoms with Crippen LogP contribution in [0.5, 0.6) is 5.75 Å². The number of carbonyl (C=O) groups is 1. The van der Waals surface area contributed by atoms with Gasteiger partial charge in [-0.3, -0.25) is 9.69 Å². The fourth-order valence-corrected chi connectivity index (χ4v) is 5.71. The van der Waals surface area contributed by atoms with E-state index in [0.29, 0.717) is 37.8 Å². The van der Waals surface area contributed by atoms with Crippen LogP contribution in [0.25, 0.3) is 0 Å². The van der Waals surface area contributed by atoms with E-state index in [1.807, 2.05) is 49.5 Å². The van der Waals surface area contributed by atoms with Crippen molar-refractivity contribution in [2.45, 2.75) is 38.9 Å². The van der Waals surface area contributed by atoms with Gasteiger partial charge >= 0.3 is 6.18 Å². The van der Waals surface area contributed by atoms with Gasteiger partial charge in [0.05, 0.1) is 11.3 Å². The molecule has 2 N–H and O–H groups in total. The molecule has 45 heavy (non-hydrogen) atoms. The van der Waals surface area contributed by atoms with Gasteiger partial charge in [-0.15, -0.1) is 0 Å². The molecular formula is C34H35F3N6O2. The van der Waals surface area contributed by atoms with Crippen molar-refractivity contribution in [1.29, 1.82) is 0 Å². The number of alkyl halides is 3. The molecule has 3 aromatic carbocycles. The fraction of sp³-hybridized carbons (Fsp3) is 0.324. The Kier molecular flexibility index (Phi) is 8.88. The number of ether oxygens (including phenoxy) is 1. The van der Waals surface area contributed by atoms with Crippen LogP contribution in [0.3, 0.4) is 0 Å². The molecule has 1 saturated heterocycles. The van der Waals surface area contributed by atoms with Crippen LogP contribution < -0.4 is 20.3 Å². The molecule has 1 fully saturated rings. The largest absolute Gasteiger partial charge is 0.492 e. The first kappa shape index (κ1) is 30.4. The highest BCUT2D eigenvalue weighted by Gasteiger charge is 2.31. The zero-order valence-corrected chi connectivity index (χ0v) is 25.0. The molecule has 11 heteroatoms. The number of nitrogens with one attached hydrogen (secondary N) is 2. The molecule has 0 saturated carbocycles. The fourth-order valence-electron chi connectivity index (χ4n) is 5.71. The van der Waals surface area contributed by atoms with E-state index in [1.54, 1.807) is 6.07 Å². The Morgan fingerprint density at radius 3 is 2.53 bits per heavy atom. The minimum atomic E-state index is -4.52. The van der Waals surface area contributed by atoms with E-state index >= 15 is 0 Å². The number of anilines is 4. The molecule has 8 nitrogen and oxygen atoms in total. The minimum Gasteiger partial charge on any atom is -0.492 e. The summed E-state index contributed by atoms with van der Waals surface area (Å²) in [6.07, 6.45) is 0.564. The number of fused-ring (bicyclic) bond motifs is 1. The molecule has 0 radical (unpaired) electrons. The maximum atomic E-state index is 13.1. The lowest BCUT2D eigenvalue weighted by molar-refractivity contribution is -0.137. The van der Waals surface area contributed by atoms with E-state index in [1.165, 1.54) is 25.0 Å². The van der Waals surface area contributed by atoms with Crippen molar-refractivity contribution in [2.75, 3.05) is 48.3 Å². The average Bonchev–Trinajstić information content (AvgIpc) is 3.56. The Morgan fingerprint density at radius 2 is 1.76 bits per heavy atom. The number of aryl methyl sites for hydroxylation is 1. The van der Waals surface area contributed by atoms with Crippen molar-refractivity contribution in [3.63, 3.8) is 0 Å². The second-order valence-corrected chi connectivity index (χ2v) is 11.4. The van der Waals surface area contributed by atoms with Crippen LogP contribution in [0.4, 0.5) is 36.2 Å². The van der Waals surface area contributed by atoms with Gasteiger partial charge in [0.25, 0.3) is 5.91 Å². The quantitative estimate of drug-likeness (QED) is 0.213. The SMILES string of the molecule is Cc1ccc(NC(=O)c2cccc(C(F)(F)F)c2)cc1N1CCc2nc(Nc3ccc(OCCN4CCCC4)cc3)ncc2C1. The number of nitrogens with zero attached hydrogens (tertiary/aromatic N) is 4. The van der Waals surface area contributed by atoms with E-state index in [9.17, 15) is 18.0 Å². The molecule has 0 atom stereocenters. The Balaban J connectivity index is 1.07. The summed E-state index contributed by atoms with van der Waals surface area (Å²) in [7, 11) is 0. The number of rotatable bonds is 9. The third-order valence-electron chi connectivity index (χ3n) is 8.18. The van der Waals surface area contributed by atoms with Crippen molar-refractivity contribution in [3.05, 3.63) is 101 Å². The lowest BCUT2D eigenvalue weighted by atomic mass is 10.0. The van der Waals surface area contributed by atoms with Gasteiger partial charge in [-0.25, -0.2) is 9.97 Å². The number of halogens is 3. The van der Waals surface area contributed by atoms with Gasteiger partial charge in [0, 0.05) is 60.4 Å². The first-order valence-electron chi connectivity index (χ1n) is 15.1. The van der Waals surface area contributed by atoms with Crippen molar-refractivity contribution in [2.24, 2.45) is 0 Å². The van der Waals surface area contributed by atoms with Crippen LogP contribution in [-0.4, -0.2) is 53.6 Å². The van der Waals surface area contributed by atoms with Gasteiger partial charge in [0.15, 0.2) is 0 Å². The Hall–Kier alpha value is -4.64. The van der Waals surface area contributed by atoms with Gasteiger partial charge < -0.3 is 20.3 Å². The molecule has 3 heterocycles. The highest BCUT2D eigenvalue weighted by atomic mass is 19.4. The topological polar surface area (TPSA) is 82.6 Å². The molecule has 1 amide bonds. The zero-order chi connectivity index (χ0) is 31.4. The molecular weight excluding hydrogens is 581 g/mol. The number of benzene rings is 3. The summed E-state index contributed by atoms with van der Waals surface area (Å²) in [6.45, 7) is 7.22. The molecule has 234 valence electrons. The van der Waals surface area contributed by atoms with Crippen molar-refractivity contribution in [3.8, 4) is 5.75 Å². The molecule has 4 aromatic rings. The molecule has 6 rings (SSSR count). The summed E-state index contributed by atoms with van der Waals surface area (Å²) in [6, 6.07) is 17.7. The second kappa shape index (κ2) is 13.2. The first-order valence-corrected chi connectivity index (χ1v) is 15.1. The van der Waals surface area contributed by atoms with Gasteiger partial charge in [0.2, 0.25) is 5.95 Å². The molecule has 2 aliphatic heterocycles. The third kappa shape index (κ3) is 7.54. The Labute approximate surface area is 260 Å². The standard InChI is InChI=1S/C34H35F3N6O2/c1-23-7-8-28(39-32(44)24-5-4-6-26(19-24)34(35,36)37)20-31(23)43-16-13-30-25(22-43)21-38-33(41-30)40-27-9-11-29(12-10-27)45-18-17-42-14-2-3-15-42/h4-12,19-21H,2-3,13-18,22H2,1H3,(H,39,44)(H,38,40,41). The van der Waals surface area contributed by atoms with Gasteiger partial charge in [0.1, 0.15) is 12.4 Å². The van der Waals surface area contributed by atoms with Gasteiger partial charge in [-0.2, -0.15) is 13.2 Å². The zero-order valence-electron chi connectivity index (χ0n) is 25.0. The average molecular weight is 617 g/mol. The molecule has 0 aliphatic carbocycles. The summed E-state index contributed by atoms with van der Waals surface area (Å²) in [4.78, 5) is 26.7. The number of aromatic nitrogens is 2. The summed E-state index contributed by atoms with van der Waals surface area (Å²) >= 11 is 0. The van der Waals surface area contributed by atoms with Gasteiger partial charge in [-0.05, 0) is 93.0 Å². The van der Waals surface area contributed by atoms with Crippen LogP contribution in [0.1, 0.15) is 45.6 Å². The number of carbonyl (C=O) groups excluding carboxylic acids is 1. The van der Waals surface area contributed by atoms with E-state index in [4.69, 9.17) is 9.72 Å². The molecule has 0 spiro atoms. The van der Waals surface area contributed by atoms with E-state index in [-0.39, 0.29) is 5.56 Å². The highest BCUT2D eigenvalue weighted by molar-refractivity contribution is 6.04. The summed E-state index contributed by atoms with van der Waals surface area (Å²) in [5.74, 6) is 0.758. The van der Waals surface area contributed by atoms with E-state index in [2.05, 4.69) is 25.4 Å². The third-order valence-corrected chi connectivity index (χ3v) is 8.18. The van der Waals surface area contributed by atoms with Crippen LogP contribution in [0.15, 0.2) is 72.9 Å². The lowest BCUT2D eigenvalue weighted by Crippen LogP contribution is -2.32. The lowest BCUT2D eigenvalue weighted by Gasteiger charge is -2.31. The number of likely N-dealkylation sites (tertiary alicyclic amines) is 1. The molecule has 2 aliphatic rings. The van der Waals surface area contributed by atoms with E-state index in [0.717, 1.165) is 65.7 Å². The van der Waals surface area contributed by atoms with Crippen molar-refractivity contribution >= 4 is 28.9 Å². The monoisotopic (exact) mass is 616 g/mol. The first-order chi connectivity index (χ1) is 21.7. The second-order valence-electron chi connectivity index (χ2n) is 11.4. The summed E-state index contributed by atoms with van der Waals surface area (Å²) in [5, 5.41) is 6.03. The Bertz CT molecular complexity index is 1660. The maximum Gasteiger partial charge on any atom is 0.416 e. The van der Waals surface area contributed by atoms with Crippen LogP contribution in [0.2, 0.25) is 0 Å². The Morgan fingerprint density at radius 1 is 0.978 bits per heavy atom. The van der Waals surface area contributed by atoms with Crippen molar-refractivity contribution < 1.29 is 22.7 Å². The predicted octanol–water partition coefficient (Wildman–Crippen LogP) is 6.84. The number of amides is 1. The smallest absolute Gasteiger partial charge is 0.416 e. The van der Waals surface area contributed by atoms with Crippen LogP contribution in [-0.2, 0) is 19.1 Å². The number of hydrogen-bond acceptors (Lipinski definition) is 7. The van der Waals surface area contributed by atoms with Crippen molar-refractivity contribution in [1.82, 2.24) is 14.9 Å². The molecule has 0 unspecified atom stereocenters. The summed E-state index contributed by atoms with van der Waals surface area (Å²) < 4.78 is 45.3. The minimum absolute atomic E-state index is 0.0578. The molecule has 1 aromatic heterocycles. The van der Waals surface area contributed by atoms with Crippen LogP contribution >= 0.6 is 0 Å². The highest BCUT2D eigenvalue weighted by Crippen LogP contribution is 2.31. The maximum absolute atomic E-state index is 13.1. The van der Waals surface area contributed by atoms with E-state index < -0.39 is 17.6 Å². The summed E-state index contributed by atoms with van der Waals surface area (Å²) in [5.41, 5.74) is 4.37.